The van der Waals surface area contributed by atoms with Crippen LogP contribution >= 0.6 is 45.1 Å². The minimum atomic E-state index is 0.731. The van der Waals surface area contributed by atoms with Crippen molar-refractivity contribution in [2.24, 2.45) is 0 Å². The fraction of sp³-hybridized carbons (Fsp3) is 0.900. The number of H-pyrrole nitrogens is 1. The third-order valence-electron chi connectivity index (χ3n) is 4.18. The monoisotopic (exact) mass is 436 g/mol. The van der Waals surface area contributed by atoms with Crippen LogP contribution in [0.15, 0.2) is 5.51 Å². The topological polar surface area (TPSA) is 28.7 Å². The Morgan fingerprint density at radius 1 is 0.885 bits per heavy atom. The lowest BCUT2D eigenvalue weighted by atomic mass is 10.1. The van der Waals surface area contributed by atoms with E-state index in [-0.39, 0.29) is 0 Å². The standard InChI is InChI=1S/C18H38S2.C2H2N2S2/c1-5-7-9-11-13-15-17(3)19-20-18(4)16-14-12-10-8-6-2;5-2-4-3-1-6-2/h17-18H,5-16H2,1-4H3;1H,(H,4,5). The van der Waals surface area contributed by atoms with E-state index in [4.69, 9.17) is 0 Å². The Bertz CT molecular complexity index is 397. The van der Waals surface area contributed by atoms with Gasteiger partial charge in [0.2, 0.25) is 0 Å². The number of unbranched alkanes of at least 4 members (excludes halogenated alkanes) is 8. The van der Waals surface area contributed by atoms with Crippen LogP contribution in [0.25, 0.3) is 0 Å². The quantitative estimate of drug-likeness (QED) is 0.168. The molecule has 0 aliphatic rings. The zero-order chi connectivity index (χ0) is 19.5. The molecule has 6 heteroatoms. The molecular formula is C20H40N2S4. The largest absolute Gasteiger partial charge is 0.258 e. The maximum absolute atomic E-state index is 4.65. The molecule has 1 aromatic rings. The molecule has 154 valence electrons. The SMILES string of the molecule is CCCCCCCC(C)SSC(C)CCCCCCC.S=c1[nH]ncs1. The van der Waals surface area contributed by atoms with Crippen molar-refractivity contribution in [2.75, 3.05) is 0 Å². The van der Waals surface area contributed by atoms with Crippen LogP contribution in [0.1, 0.15) is 105 Å². The number of aromatic nitrogens is 2. The van der Waals surface area contributed by atoms with Crippen molar-refractivity contribution in [2.45, 2.75) is 115 Å². The highest BCUT2D eigenvalue weighted by Gasteiger charge is 2.08. The molecule has 1 rings (SSSR count). The normalized spacial score (nSPS) is 13.1. The highest BCUT2D eigenvalue weighted by atomic mass is 33.1. The molecule has 1 N–H and O–H groups in total. The van der Waals surface area contributed by atoms with E-state index < -0.39 is 0 Å². The second-order valence-corrected chi connectivity index (χ2v) is 11.6. The molecule has 26 heavy (non-hydrogen) atoms. The van der Waals surface area contributed by atoms with Crippen LogP contribution in [0.3, 0.4) is 0 Å². The van der Waals surface area contributed by atoms with Crippen molar-refractivity contribution in [3.05, 3.63) is 9.46 Å². The van der Waals surface area contributed by atoms with Gasteiger partial charge in [-0.15, -0.1) is 0 Å². The second-order valence-electron chi connectivity index (χ2n) is 6.97. The lowest BCUT2D eigenvalue weighted by molar-refractivity contribution is 0.606. The van der Waals surface area contributed by atoms with Crippen molar-refractivity contribution in [3.8, 4) is 0 Å². The predicted octanol–water partition coefficient (Wildman–Crippen LogP) is 9.07. The number of nitrogens with one attached hydrogen (secondary N) is 1. The smallest absolute Gasteiger partial charge is 0.176 e. The maximum atomic E-state index is 4.65. The minimum Gasteiger partial charge on any atom is -0.258 e. The van der Waals surface area contributed by atoms with Crippen LogP contribution < -0.4 is 0 Å². The average Bonchev–Trinajstić information content (AvgIpc) is 3.11. The Hall–Kier alpha value is 0.480. The number of aromatic amines is 1. The molecule has 0 saturated carbocycles. The highest BCUT2D eigenvalue weighted by molar-refractivity contribution is 8.77. The summed E-state index contributed by atoms with van der Waals surface area (Å²) < 4.78 is 0.731. The Kier molecular flexibility index (Phi) is 20.6. The van der Waals surface area contributed by atoms with Gasteiger partial charge in [-0.3, -0.25) is 5.10 Å². The van der Waals surface area contributed by atoms with Crippen molar-refractivity contribution in [1.29, 1.82) is 0 Å². The summed E-state index contributed by atoms with van der Waals surface area (Å²) in [7, 11) is 4.27. The van der Waals surface area contributed by atoms with Crippen LogP contribution in [0, 0.1) is 3.95 Å². The molecule has 0 radical (unpaired) electrons. The van der Waals surface area contributed by atoms with Crippen molar-refractivity contribution >= 4 is 45.1 Å². The molecule has 2 nitrogen and oxygen atoms in total. The first kappa shape index (κ1) is 26.5. The van der Waals surface area contributed by atoms with Gasteiger partial charge < -0.3 is 0 Å². The van der Waals surface area contributed by atoms with E-state index in [9.17, 15) is 0 Å². The molecule has 1 aromatic heterocycles. The van der Waals surface area contributed by atoms with Crippen molar-refractivity contribution in [1.82, 2.24) is 10.2 Å². The molecule has 0 aliphatic carbocycles. The molecular weight excluding hydrogens is 397 g/mol. The summed E-state index contributed by atoms with van der Waals surface area (Å²) >= 11 is 6.07. The van der Waals surface area contributed by atoms with Crippen LogP contribution in [0.4, 0.5) is 0 Å². The van der Waals surface area contributed by atoms with Gasteiger partial charge in [0.05, 0.1) is 0 Å². The molecule has 2 unspecified atom stereocenters. The van der Waals surface area contributed by atoms with E-state index in [0.29, 0.717) is 0 Å². The first-order valence-electron chi connectivity index (χ1n) is 10.4. The lowest BCUT2D eigenvalue weighted by Crippen LogP contribution is -1.98. The van der Waals surface area contributed by atoms with Gasteiger partial charge >= 0.3 is 0 Å². The summed E-state index contributed by atoms with van der Waals surface area (Å²) in [5.41, 5.74) is 1.67. The molecule has 0 spiro atoms. The van der Waals surface area contributed by atoms with Crippen LogP contribution in [-0.4, -0.2) is 20.7 Å². The zero-order valence-electron chi connectivity index (χ0n) is 17.3. The van der Waals surface area contributed by atoms with E-state index >= 15 is 0 Å². The molecule has 0 saturated heterocycles. The number of rotatable bonds is 15. The van der Waals surface area contributed by atoms with Gasteiger partial charge in [-0.1, -0.05) is 125 Å². The van der Waals surface area contributed by atoms with Gasteiger partial charge in [0.1, 0.15) is 5.51 Å². The zero-order valence-corrected chi connectivity index (χ0v) is 20.6. The summed E-state index contributed by atoms with van der Waals surface area (Å²) in [6.45, 7) is 9.40. The molecule has 2 atom stereocenters. The minimum absolute atomic E-state index is 0.731. The summed E-state index contributed by atoms with van der Waals surface area (Å²) in [6, 6.07) is 0. The summed E-state index contributed by atoms with van der Waals surface area (Å²) in [5.74, 6) is 0. The van der Waals surface area contributed by atoms with Crippen molar-refractivity contribution < 1.29 is 0 Å². The van der Waals surface area contributed by atoms with Crippen molar-refractivity contribution in [3.63, 3.8) is 0 Å². The van der Waals surface area contributed by atoms with E-state index in [2.05, 4.69) is 71.7 Å². The van der Waals surface area contributed by atoms with E-state index in [1.54, 1.807) is 5.51 Å². The van der Waals surface area contributed by atoms with E-state index in [1.807, 2.05) is 0 Å². The third-order valence-corrected chi connectivity index (χ3v) is 8.62. The average molecular weight is 437 g/mol. The van der Waals surface area contributed by atoms with Crippen LogP contribution in [0.5, 0.6) is 0 Å². The molecule has 0 bridgehead atoms. The molecule has 0 aliphatic heterocycles. The van der Waals surface area contributed by atoms with Gasteiger partial charge in [-0.2, -0.15) is 5.10 Å². The number of nitrogens with zero attached hydrogens (tertiary/aromatic N) is 1. The van der Waals surface area contributed by atoms with E-state index in [0.717, 1.165) is 14.5 Å². The third kappa shape index (κ3) is 19.2. The van der Waals surface area contributed by atoms with E-state index in [1.165, 1.54) is 88.4 Å². The first-order valence-corrected chi connectivity index (χ1v) is 14.0. The van der Waals surface area contributed by atoms with Gasteiger partial charge in [-0.25, -0.2) is 0 Å². The Balaban J connectivity index is 0.000000867. The Morgan fingerprint density at radius 3 is 1.65 bits per heavy atom. The van der Waals surface area contributed by atoms with Gasteiger partial charge in [0.25, 0.3) is 0 Å². The summed E-state index contributed by atoms with van der Waals surface area (Å²) in [4.78, 5) is 0. The maximum Gasteiger partial charge on any atom is 0.176 e. The Morgan fingerprint density at radius 2 is 1.35 bits per heavy atom. The van der Waals surface area contributed by atoms with Gasteiger partial charge in [-0.05, 0) is 25.1 Å². The molecule has 1 heterocycles. The summed E-state index contributed by atoms with van der Waals surface area (Å²) in [5, 5.41) is 7.87. The summed E-state index contributed by atoms with van der Waals surface area (Å²) in [6.07, 6.45) is 17.0. The van der Waals surface area contributed by atoms with Gasteiger partial charge in [0.15, 0.2) is 3.95 Å². The first-order chi connectivity index (χ1) is 12.6. The lowest BCUT2D eigenvalue weighted by Gasteiger charge is -2.14. The fourth-order valence-corrected chi connectivity index (χ4v) is 5.65. The number of hydrogen-bond acceptors (Lipinski definition) is 5. The Labute approximate surface area is 179 Å². The molecule has 0 fully saturated rings. The van der Waals surface area contributed by atoms with Gasteiger partial charge in [0, 0.05) is 10.5 Å². The highest BCUT2D eigenvalue weighted by Crippen LogP contribution is 2.35. The molecule has 0 amide bonds. The number of hydrogen-bond donors (Lipinski definition) is 1. The van der Waals surface area contributed by atoms with Crippen LogP contribution in [0.2, 0.25) is 0 Å². The molecule has 0 aromatic carbocycles. The predicted molar refractivity (Wildman–Crippen MR) is 128 cm³/mol. The second kappa shape index (κ2) is 20.2. The van der Waals surface area contributed by atoms with Crippen LogP contribution in [-0.2, 0) is 0 Å². The fourth-order valence-electron chi connectivity index (χ4n) is 2.54.